The lowest BCUT2D eigenvalue weighted by Gasteiger charge is -2.34. The van der Waals surface area contributed by atoms with E-state index in [9.17, 15) is 10.3 Å². The third-order valence-corrected chi connectivity index (χ3v) is 5.88. The lowest BCUT2D eigenvalue weighted by molar-refractivity contribution is -0.185. The van der Waals surface area contributed by atoms with Crippen LogP contribution in [-0.4, -0.2) is 49.0 Å². The lowest BCUT2D eigenvalue weighted by Crippen LogP contribution is -2.39. The summed E-state index contributed by atoms with van der Waals surface area (Å²) in [6.45, 7) is 12.3. The second-order valence-corrected chi connectivity index (χ2v) is 8.56. The number of hydroxylamine groups is 2. The summed E-state index contributed by atoms with van der Waals surface area (Å²) in [5, 5.41) is 22.0. The second kappa shape index (κ2) is 14.1. The zero-order valence-electron chi connectivity index (χ0n) is 21.8. The maximum absolute atomic E-state index is 10.6. The third-order valence-electron chi connectivity index (χ3n) is 5.88. The van der Waals surface area contributed by atoms with E-state index in [0.29, 0.717) is 17.7 Å². The van der Waals surface area contributed by atoms with Crippen LogP contribution in [0.1, 0.15) is 60.8 Å². The molecule has 6 nitrogen and oxygen atoms in total. The fourth-order valence-electron chi connectivity index (χ4n) is 4.11. The van der Waals surface area contributed by atoms with E-state index in [1.54, 1.807) is 14.0 Å². The molecule has 2 N–H and O–H groups in total. The fourth-order valence-corrected chi connectivity index (χ4v) is 4.11. The van der Waals surface area contributed by atoms with Gasteiger partial charge < -0.3 is 19.3 Å². The number of nitrogens with zero attached hydrogens (tertiary/aromatic N) is 1. The number of aliphatic hydroxyl groups is 1. The molecule has 0 spiro atoms. The summed E-state index contributed by atoms with van der Waals surface area (Å²) >= 11 is 0. The van der Waals surface area contributed by atoms with Crippen LogP contribution in [0.4, 0.5) is 0 Å². The van der Waals surface area contributed by atoms with Crippen molar-refractivity contribution in [2.24, 2.45) is 5.92 Å². The summed E-state index contributed by atoms with van der Waals surface area (Å²) in [5.74, 6) is 0.476. The van der Waals surface area contributed by atoms with Gasteiger partial charge in [-0.2, -0.15) is 0 Å². The smallest absolute Gasteiger partial charge is 0.215 e. The van der Waals surface area contributed by atoms with Crippen LogP contribution in [0.3, 0.4) is 0 Å². The van der Waals surface area contributed by atoms with Gasteiger partial charge in [0, 0.05) is 32.1 Å². The van der Waals surface area contributed by atoms with Gasteiger partial charge >= 0.3 is 0 Å². The quantitative estimate of drug-likeness (QED) is 0.252. The van der Waals surface area contributed by atoms with E-state index in [2.05, 4.69) is 58.9 Å². The van der Waals surface area contributed by atoms with Crippen molar-refractivity contribution in [2.45, 2.75) is 73.1 Å². The van der Waals surface area contributed by atoms with Crippen molar-refractivity contribution in [1.82, 2.24) is 5.06 Å². The number of allylic oxidation sites excluding steroid dienone is 7. The Labute approximate surface area is 200 Å². The fraction of sp³-hybridized carbons (Fsp3) is 0.556. The average molecular weight is 462 g/mol. The molecule has 0 saturated carbocycles. The van der Waals surface area contributed by atoms with E-state index in [0.717, 1.165) is 23.5 Å². The first-order chi connectivity index (χ1) is 15.6. The number of hydrogen-bond acceptors (Lipinski definition) is 6. The summed E-state index contributed by atoms with van der Waals surface area (Å²) in [4.78, 5) is 0. The van der Waals surface area contributed by atoms with Crippen molar-refractivity contribution < 1.29 is 24.5 Å². The van der Waals surface area contributed by atoms with E-state index in [4.69, 9.17) is 14.2 Å². The van der Waals surface area contributed by atoms with Crippen LogP contribution in [0.5, 0.6) is 0 Å². The first-order valence-electron chi connectivity index (χ1n) is 11.5. The van der Waals surface area contributed by atoms with Gasteiger partial charge in [-0.25, -0.2) is 5.06 Å². The van der Waals surface area contributed by atoms with Gasteiger partial charge in [0.2, 0.25) is 6.23 Å². The summed E-state index contributed by atoms with van der Waals surface area (Å²) in [6, 6.07) is 0. The topological polar surface area (TPSA) is 71.4 Å². The van der Waals surface area contributed by atoms with Crippen molar-refractivity contribution >= 4 is 0 Å². The molecule has 0 amide bonds. The van der Waals surface area contributed by atoms with Crippen LogP contribution in [0.15, 0.2) is 69.9 Å². The predicted molar refractivity (Wildman–Crippen MR) is 134 cm³/mol. The van der Waals surface area contributed by atoms with Gasteiger partial charge in [0.05, 0.1) is 18.9 Å². The summed E-state index contributed by atoms with van der Waals surface area (Å²) < 4.78 is 16.2. The molecular weight excluding hydrogens is 418 g/mol. The zero-order chi connectivity index (χ0) is 25.1. The third kappa shape index (κ3) is 7.91. The standard InChI is InChI=1S/C27H43NO5/c1-10-12-20(4)25(31-7)21(5)17-19(3)14-11-13-18(2)15-16-23-22(6)24(29)26(32-8)27(33-9)28(23)30/h11-12,14-15,17,21,25,27,29-30H,10,13,16H2,1-9H3. The molecule has 3 unspecified atom stereocenters. The molecule has 0 aromatic carbocycles. The molecule has 0 fully saturated rings. The highest BCUT2D eigenvalue weighted by atomic mass is 16.6. The van der Waals surface area contributed by atoms with Gasteiger partial charge in [-0.15, -0.1) is 0 Å². The molecule has 0 radical (unpaired) electrons. The highest BCUT2D eigenvalue weighted by Crippen LogP contribution is 2.32. The molecule has 0 aliphatic carbocycles. The van der Waals surface area contributed by atoms with E-state index in [-0.39, 0.29) is 23.5 Å². The minimum Gasteiger partial charge on any atom is -0.504 e. The first-order valence-corrected chi connectivity index (χ1v) is 11.5. The number of methoxy groups -OCH3 is 3. The van der Waals surface area contributed by atoms with Gasteiger partial charge in [0.15, 0.2) is 11.5 Å². The van der Waals surface area contributed by atoms with Crippen LogP contribution < -0.4 is 0 Å². The summed E-state index contributed by atoms with van der Waals surface area (Å²) in [7, 11) is 4.66. The Morgan fingerprint density at radius 2 is 1.82 bits per heavy atom. The minimum absolute atomic E-state index is 0.00358. The average Bonchev–Trinajstić information content (AvgIpc) is 2.76. The van der Waals surface area contributed by atoms with Crippen LogP contribution in [0, 0.1) is 5.92 Å². The monoisotopic (exact) mass is 461 g/mol. The molecule has 1 heterocycles. The Hall–Kier alpha value is -2.28. The first kappa shape index (κ1) is 28.8. The minimum atomic E-state index is -0.871. The normalized spacial score (nSPS) is 20.7. The van der Waals surface area contributed by atoms with Crippen molar-refractivity contribution in [3.63, 3.8) is 0 Å². The maximum Gasteiger partial charge on any atom is 0.215 e. The Kier molecular flexibility index (Phi) is 12.3. The maximum atomic E-state index is 10.6. The summed E-state index contributed by atoms with van der Waals surface area (Å²) in [6.07, 6.45) is 12.2. The van der Waals surface area contributed by atoms with Crippen molar-refractivity contribution in [3.8, 4) is 0 Å². The van der Waals surface area contributed by atoms with E-state index >= 15 is 0 Å². The van der Waals surface area contributed by atoms with E-state index in [1.807, 2.05) is 6.08 Å². The summed E-state index contributed by atoms with van der Waals surface area (Å²) in [5.41, 5.74) is 4.76. The Balaban J connectivity index is 2.84. The van der Waals surface area contributed by atoms with Gasteiger partial charge in [-0.1, -0.05) is 55.4 Å². The van der Waals surface area contributed by atoms with Crippen LogP contribution in [0.2, 0.25) is 0 Å². The number of rotatable bonds is 12. The van der Waals surface area contributed by atoms with E-state index < -0.39 is 6.23 Å². The Morgan fingerprint density at radius 3 is 2.36 bits per heavy atom. The second-order valence-electron chi connectivity index (χ2n) is 8.56. The van der Waals surface area contributed by atoms with Crippen LogP contribution in [-0.2, 0) is 14.2 Å². The zero-order valence-corrected chi connectivity index (χ0v) is 21.8. The molecule has 0 bridgehead atoms. The number of hydrogen-bond donors (Lipinski definition) is 2. The van der Waals surface area contributed by atoms with E-state index in [1.165, 1.54) is 25.4 Å². The predicted octanol–water partition coefficient (Wildman–Crippen LogP) is 6.59. The lowest BCUT2D eigenvalue weighted by atomic mass is 9.95. The molecule has 0 saturated heterocycles. The number of aliphatic hydroxyl groups excluding tert-OH is 1. The highest BCUT2D eigenvalue weighted by molar-refractivity contribution is 5.36. The molecule has 33 heavy (non-hydrogen) atoms. The van der Waals surface area contributed by atoms with Gasteiger partial charge in [0.1, 0.15) is 0 Å². The molecule has 0 aromatic heterocycles. The van der Waals surface area contributed by atoms with Crippen LogP contribution in [0.25, 0.3) is 0 Å². The molecule has 186 valence electrons. The molecule has 3 atom stereocenters. The SMILES string of the molecule is CCC=C(C)C(OC)C(C)C=C(C)C=CCC(C)=CCC1=C(C)C(O)=C(OC)C(OC)N1O. The van der Waals surface area contributed by atoms with Gasteiger partial charge in [0.25, 0.3) is 0 Å². The number of ether oxygens (including phenoxy) is 3. The molecule has 1 aliphatic rings. The van der Waals surface area contributed by atoms with Gasteiger partial charge in [-0.3, -0.25) is 5.21 Å². The van der Waals surface area contributed by atoms with Crippen molar-refractivity contribution in [2.75, 3.05) is 21.3 Å². The van der Waals surface area contributed by atoms with Crippen molar-refractivity contribution in [3.05, 3.63) is 69.9 Å². The molecular formula is C27H43NO5. The largest absolute Gasteiger partial charge is 0.504 e. The molecule has 1 aliphatic heterocycles. The molecule has 1 rings (SSSR count). The molecule has 6 heteroatoms. The molecule has 0 aromatic rings. The Morgan fingerprint density at radius 1 is 1.15 bits per heavy atom. The van der Waals surface area contributed by atoms with Gasteiger partial charge in [-0.05, 0) is 46.1 Å². The highest BCUT2D eigenvalue weighted by Gasteiger charge is 2.34. The van der Waals surface area contributed by atoms with Crippen LogP contribution >= 0.6 is 0 Å². The van der Waals surface area contributed by atoms with Crippen molar-refractivity contribution in [1.29, 1.82) is 0 Å². The Bertz CT molecular complexity index is 831.